The quantitative estimate of drug-likeness (QED) is 0.0931. The van der Waals surface area contributed by atoms with Crippen molar-refractivity contribution < 1.29 is 36.5 Å². The number of fused-ring (bicyclic) bond motifs is 21. The van der Waals surface area contributed by atoms with Gasteiger partial charge >= 0.3 is 11.8 Å². The van der Waals surface area contributed by atoms with Crippen LogP contribution in [0.1, 0.15) is 5.56 Å². The average molecular weight is 875 g/mol. The van der Waals surface area contributed by atoms with Crippen LogP contribution in [0.15, 0.2) is 124 Å². The summed E-state index contributed by atoms with van der Waals surface area (Å²) in [6, 6.07) is 33.6. The van der Waals surface area contributed by atoms with Crippen molar-refractivity contribution in [3.8, 4) is 57.1 Å². The van der Waals surface area contributed by atoms with Crippen molar-refractivity contribution in [1.29, 1.82) is 0 Å². The van der Waals surface area contributed by atoms with E-state index in [1.807, 2.05) is 91.0 Å². The van der Waals surface area contributed by atoms with Crippen LogP contribution < -0.4 is 15.1 Å². The maximum atomic E-state index is 13.4. The highest BCUT2D eigenvalue weighted by Crippen LogP contribution is 2.39. The highest BCUT2D eigenvalue weighted by Gasteiger charge is 2.34. The molecule has 9 aromatic rings. The minimum atomic E-state index is -4.70. The first-order valence-electron chi connectivity index (χ1n) is 20.5. The molecule has 4 aromatic heterocycles. The second-order valence-corrected chi connectivity index (χ2v) is 15.0. The molecule has 0 spiro atoms. The van der Waals surface area contributed by atoms with Gasteiger partial charge in [-0.15, -0.1) is 0 Å². The Morgan fingerprint density at radius 3 is 1.40 bits per heavy atom. The summed E-state index contributed by atoms with van der Waals surface area (Å²) in [4.78, 5) is 48.8. The van der Waals surface area contributed by atoms with E-state index in [0.717, 1.165) is 43.8 Å². The van der Waals surface area contributed by atoms with Gasteiger partial charge in [0.1, 0.15) is 52.9 Å². The molecule has 6 heterocycles. The fourth-order valence-corrected chi connectivity index (χ4v) is 7.94. The van der Waals surface area contributed by atoms with Crippen LogP contribution in [0, 0.1) is 0 Å². The third kappa shape index (κ3) is 7.65. The van der Waals surface area contributed by atoms with Gasteiger partial charge in [-0.25, -0.2) is 34.7 Å². The molecule has 5 aromatic carbocycles. The third-order valence-electron chi connectivity index (χ3n) is 10.9. The lowest BCUT2D eigenvalue weighted by atomic mass is 10.1. The first kappa shape index (κ1) is 39.8. The number of alkyl halides is 3. The predicted molar refractivity (Wildman–Crippen MR) is 236 cm³/mol. The van der Waals surface area contributed by atoms with Gasteiger partial charge in [0, 0.05) is 61.3 Å². The molecule has 0 amide bonds. The molecular weight excluding hydrogens is 842 g/mol. The molecule has 2 aliphatic rings. The van der Waals surface area contributed by atoms with Gasteiger partial charge < -0.3 is 33.3 Å². The van der Waals surface area contributed by atoms with Crippen LogP contribution in [0.25, 0.3) is 101 Å². The van der Waals surface area contributed by atoms with E-state index in [-0.39, 0.29) is 56.4 Å². The number of hydrogen-bond donors (Lipinski definition) is 2. The maximum absolute atomic E-state index is 13.4. The Kier molecular flexibility index (Phi) is 9.96. The second kappa shape index (κ2) is 16.3. The van der Waals surface area contributed by atoms with Gasteiger partial charge in [0.2, 0.25) is 0 Å². The number of halogens is 3. The molecule has 0 fully saturated rings. The van der Waals surface area contributed by atoms with E-state index in [1.54, 1.807) is 0 Å². The zero-order valence-corrected chi connectivity index (χ0v) is 34.0. The number of aromatic nitrogens is 8. The Morgan fingerprint density at radius 1 is 0.462 bits per heavy atom. The van der Waals surface area contributed by atoms with E-state index in [2.05, 4.69) is 9.97 Å². The van der Waals surface area contributed by atoms with Crippen LogP contribution in [-0.2, 0) is 15.7 Å². The Balaban J connectivity index is 0.809. The van der Waals surface area contributed by atoms with E-state index in [1.165, 1.54) is 18.2 Å². The SMILES string of the molecule is O=c1cc(C(F)(F)F)c2ccc(OCCOCCOCCOc3ccc4c(c3)-c3nc-4nc4[nH]c(nc5nc(nc6[nH]c(n3)c3ccccc63)-c3ccccc3-5)c3ccccc43)cc2o1. The van der Waals surface area contributed by atoms with Gasteiger partial charge in [0.25, 0.3) is 0 Å². The van der Waals surface area contributed by atoms with Crippen molar-refractivity contribution in [2.24, 2.45) is 0 Å². The summed E-state index contributed by atoms with van der Waals surface area (Å²) in [6.45, 7) is 1.37. The molecule has 0 radical (unpaired) electrons. The number of benzene rings is 5. The number of H-pyrrole nitrogens is 2. The van der Waals surface area contributed by atoms with Crippen molar-refractivity contribution in [2.45, 2.75) is 6.18 Å². The fourth-order valence-electron chi connectivity index (χ4n) is 7.94. The third-order valence-corrected chi connectivity index (χ3v) is 10.9. The monoisotopic (exact) mass is 874 g/mol. The largest absolute Gasteiger partial charge is 0.491 e. The summed E-state index contributed by atoms with van der Waals surface area (Å²) < 4.78 is 68.1. The minimum absolute atomic E-state index is 0.111. The fraction of sp³-hybridized carbons (Fsp3) is 0.146. The highest BCUT2D eigenvalue weighted by atomic mass is 19.4. The predicted octanol–water partition coefficient (Wildman–Crippen LogP) is 9.49. The summed E-state index contributed by atoms with van der Waals surface area (Å²) in [5.41, 5.74) is 3.24. The molecule has 0 saturated heterocycles. The Labute approximate surface area is 364 Å². The van der Waals surface area contributed by atoms with E-state index in [4.69, 9.17) is 53.3 Å². The van der Waals surface area contributed by atoms with Gasteiger partial charge in [0.05, 0.1) is 32.0 Å². The van der Waals surface area contributed by atoms with Gasteiger partial charge in [0.15, 0.2) is 23.3 Å². The summed E-state index contributed by atoms with van der Waals surface area (Å²) in [6.07, 6.45) is -4.70. The first-order valence-corrected chi connectivity index (χ1v) is 20.5. The second-order valence-electron chi connectivity index (χ2n) is 15.0. The smallest absolute Gasteiger partial charge is 0.417 e. The highest BCUT2D eigenvalue weighted by molar-refractivity contribution is 6.06. The number of nitrogens with one attached hydrogen (secondary N) is 2. The van der Waals surface area contributed by atoms with E-state index >= 15 is 0 Å². The van der Waals surface area contributed by atoms with Gasteiger partial charge in [-0.05, 0) is 30.3 Å². The van der Waals surface area contributed by atoms with Crippen molar-refractivity contribution in [3.63, 3.8) is 0 Å². The van der Waals surface area contributed by atoms with Crippen LogP contribution in [0.2, 0.25) is 0 Å². The summed E-state index contributed by atoms with van der Waals surface area (Å²) in [5, 5.41) is 3.25. The van der Waals surface area contributed by atoms with E-state index in [0.29, 0.717) is 57.7 Å². The molecule has 0 aliphatic carbocycles. The molecule has 322 valence electrons. The van der Waals surface area contributed by atoms with Crippen LogP contribution in [-0.4, -0.2) is 79.5 Å². The summed E-state index contributed by atoms with van der Waals surface area (Å²) in [5.74, 6) is 2.80. The number of nitrogens with zero attached hydrogens (tertiary/aromatic N) is 6. The molecule has 8 bridgehead atoms. The lowest BCUT2D eigenvalue weighted by Gasteiger charge is -2.11. The maximum Gasteiger partial charge on any atom is 0.417 e. The molecule has 0 saturated carbocycles. The van der Waals surface area contributed by atoms with Crippen LogP contribution in [0.4, 0.5) is 13.2 Å². The van der Waals surface area contributed by atoms with Crippen molar-refractivity contribution >= 4 is 55.1 Å². The molecule has 0 unspecified atom stereocenters. The van der Waals surface area contributed by atoms with Crippen LogP contribution >= 0.6 is 0 Å². The molecule has 65 heavy (non-hydrogen) atoms. The van der Waals surface area contributed by atoms with Crippen LogP contribution in [0.3, 0.4) is 0 Å². The molecule has 0 atom stereocenters. The zero-order valence-electron chi connectivity index (χ0n) is 34.0. The van der Waals surface area contributed by atoms with Gasteiger partial charge in [-0.2, -0.15) is 13.2 Å². The van der Waals surface area contributed by atoms with Crippen molar-refractivity contribution in [1.82, 2.24) is 39.9 Å². The lowest BCUT2D eigenvalue weighted by Crippen LogP contribution is -2.13. The topological polar surface area (TPSA) is 176 Å². The van der Waals surface area contributed by atoms with Crippen LogP contribution in [0.5, 0.6) is 11.5 Å². The Bertz CT molecular complexity index is 3570. The van der Waals surface area contributed by atoms with Gasteiger partial charge in [-0.3, -0.25) is 0 Å². The Morgan fingerprint density at radius 2 is 0.892 bits per heavy atom. The molecule has 14 nitrogen and oxygen atoms in total. The first-order chi connectivity index (χ1) is 31.7. The van der Waals surface area contributed by atoms with Crippen molar-refractivity contribution in [2.75, 3.05) is 39.6 Å². The summed E-state index contributed by atoms with van der Waals surface area (Å²) >= 11 is 0. The van der Waals surface area contributed by atoms with Gasteiger partial charge in [-0.1, -0.05) is 72.8 Å². The summed E-state index contributed by atoms with van der Waals surface area (Å²) in [7, 11) is 0. The average Bonchev–Trinajstić information content (AvgIpc) is 4.04. The molecule has 17 heteroatoms. The van der Waals surface area contributed by atoms with E-state index in [9.17, 15) is 18.0 Å². The van der Waals surface area contributed by atoms with E-state index < -0.39 is 17.4 Å². The normalized spacial score (nSPS) is 12.2. The number of hydrogen-bond acceptors (Lipinski definition) is 12. The number of ether oxygens (including phenoxy) is 4. The minimum Gasteiger partial charge on any atom is -0.491 e. The standard InChI is InChI=1S/C48H33F3N8O6/c49-48(50,51)37-25-39(60)65-38-24-27(14-16-35(37)38)64-22-20-62-18-17-61-19-21-63-26-13-15-34-36(23-26)47-58-45-33-12-6-5-11-32(33)43(56-45)54-41-29-8-2-1-7-28(29)40(52-41)53-42-30-9-3-4-10-31(30)44(55-42)57-46(34)59-47/h1-16,23-25H,17-22H2,(H2,52,53,54,55,56,57,58,59). The van der Waals surface area contributed by atoms with Crippen molar-refractivity contribution in [3.05, 3.63) is 131 Å². The molecule has 11 rings (SSSR count). The zero-order chi connectivity index (χ0) is 44.1. The molecular formula is C48H33F3N8O6. The number of aromatic amines is 2. The number of rotatable bonds is 11. The lowest BCUT2D eigenvalue weighted by molar-refractivity contribution is -0.136. The molecule has 2 N–H and O–H groups in total. The molecule has 2 aliphatic heterocycles. The Hall–Kier alpha value is -8.02.